The van der Waals surface area contributed by atoms with Crippen molar-refractivity contribution in [3.63, 3.8) is 0 Å². The van der Waals surface area contributed by atoms with Crippen LogP contribution in [0, 0.1) is 27.7 Å². The first kappa shape index (κ1) is 21.0. The minimum Gasteiger partial charge on any atom is -0.279 e. The van der Waals surface area contributed by atoms with Crippen molar-refractivity contribution in [1.29, 1.82) is 0 Å². The van der Waals surface area contributed by atoms with Gasteiger partial charge in [0.15, 0.2) is 0 Å². The van der Waals surface area contributed by atoms with Crippen LogP contribution >= 0.6 is 27.3 Å². The quantitative estimate of drug-likeness (QED) is 0.336. The van der Waals surface area contributed by atoms with Crippen LogP contribution in [0.4, 0.5) is 5.69 Å². The maximum absolute atomic E-state index is 13.2. The van der Waals surface area contributed by atoms with Crippen molar-refractivity contribution >= 4 is 53.2 Å². The fourth-order valence-electron chi connectivity index (χ4n) is 3.55. The van der Waals surface area contributed by atoms with E-state index >= 15 is 0 Å². The van der Waals surface area contributed by atoms with Gasteiger partial charge in [-0.1, -0.05) is 45.8 Å². The second-order valence-corrected chi connectivity index (χ2v) is 11.2. The van der Waals surface area contributed by atoms with Crippen molar-refractivity contribution in [3.05, 3.63) is 74.7 Å². The van der Waals surface area contributed by atoms with Crippen molar-refractivity contribution in [2.24, 2.45) is 0 Å². The molecule has 0 unspecified atom stereocenters. The molecule has 0 aliphatic rings. The molecule has 0 amide bonds. The Bertz CT molecular complexity index is 1390. The third-order valence-corrected chi connectivity index (χ3v) is 8.21. The highest BCUT2D eigenvalue weighted by Crippen LogP contribution is 2.42. The van der Waals surface area contributed by atoms with Gasteiger partial charge in [0.1, 0.15) is 4.83 Å². The van der Waals surface area contributed by atoms with E-state index in [2.05, 4.69) is 57.7 Å². The summed E-state index contributed by atoms with van der Waals surface area (Å²) < 4.78 is 30.1. The normalized spacial score (nSPS) is 11.8. The van der Waals surface area contributed by atoms with Crippen LogP contribution in [0.15, 0.2) is 57.9 Å². The van der Waals surface area contributed by atoms with Crippen LogP contribution in [0.5, 0.6) is 0 Å². The summed E-state index contributed by atoms with van der Waals surface area (Å²) in [6, 6.07) is 15.1. The fraction of sp³-hybridized carbons (Fsp3) is 0.174. The van der Waals surface area contributed by atoms with E-state index in [1.807, 2.05) is 19.9 Å². The van der Waals surface area contributed by atoms with Crippen LogP contribution in [-0.2, 0) is 10.0 Å². The first-order chi connectivity index (χ1) is 14.2. The molecule has 0 aliphatic carbocycles. The number of nitrogens with zero attached hydrogens (tertiary/aromatic N) is 1. The van der Waals surface area contributed by atoms with Crippen molar-refractivity contribution in [3.8, 4) is 11.1 Å². The molecule has 0 saturated heterocycles. The van der Waals surface area contributed by atoms with Crippen LogP contribution in [0.2, 0.25) is 0 Å². The van der Waals surface area contributed by atoms with Crippen LogP contribution in [-0.4, -0.2) is 13.4 Å². The molecule has 0 radical (unpaired) electrons. The SMILES string of the molecule is Cc1cccc(-c2c(C)sc3nc(C)cc(NS(=O)(=O)c4ccc(Br)c(C)c4)c23)c1. The van der Waals surface area contributed by atoms with Crippen LogP contribution in [0.25, 0.3) is 21.3 Å². The zero-order chi connectivity index (χ0) is 21.6. The molecule has 2 aromatic heterocycles. The molecule has 0 bridgehead atoms. The Morgan fingerprint density at radius 1 is 1.00 bits per heavy atom. The molecule has 4 rings (SSSR count). The monoisotopic (exact) mass is 500 g/mol. The molecule has 0 saturated carbocycles. The lowest BCUT2D eigenvalue weighted by molar-refractivity contribution is 0.601. The molecule has 154 valence electrons. The Balaban J connectivity index is 1.91. The van der Waals surface area contributed by atoms with Gasteiger partial charge in [0.25, 0.3) is 10.0 Å². The standard InChI is InChI=1S/C23H21BrN2O2S2/c1-13-6-5-7-17(10-13)21-16(4)29-23-22(21)20(12-15(3)25-23)26-30(27,28)18-8-9-19(24)14(2)11-18/h5-12H,1-4H3,(H,25,26). The zero-order valence-electron chi connectivity index (χ0n) is 17.1. The molecule has 2 heterocycles. The lowest BCUT2D eigenvalue weighted by Crippen LogP contribution is -2.13. The van der Waals surface area contributed by atoms with E-state index in [1.165, 1.54) is 0 Å². The smallest absolute Gasteiger partial charge is 0.261 e. The van der Waals surface area contributed by atoms with E-state index in [0.717, 1.165) is 47.5 Å². The van der Waals surface area contributed by atoms with E-state index in [4.69, 9.17) is 0 Å². The Labute approximate surface area is 189 Å². The highest BCUT2D eigenvalue weighted by Gasteiger charge is 2.21. The van der Waals surface area contributed by atoms with E-state index in [9.17, 15) is 8.42 Å². The molecule has 2 aromatic carbocycles. The Morgan fingerprint density at radius 3 is 2.47 bits per heavy atom. The molecular weight excluding hydrogens is 480 g/mol. The number of benzene rings is 2. The van der Waals surface area contributed by atoms with Crippen molar-refractivity contribution in [1.82, 2.24) is 4.98 Å². The lowest BCUT2D eigenvalue weighted by atomic mass is 10.0. The second kappa shape index (κ2) is 7.80. The van der Waals surface area contributed by atoms with Crippen molar-refractivity contribution in [2.45, 2.75) is 32.6 Å². The topological polar surface area (TPSA) is 59.1 Å². The van der Waals surface area contributed by atoms with E-state index < -0.39 is 10.0 Å². The number of thiophene rings is 1. The van der Waals surface area contributed by atoms with Gasteiger partial charge in [-0.2, -0.15) is 0 Å². The third kappa shape index (κ3) is 3.89. The average Bonchev–Trinajstić information content (AvgIpc) is 2.99. The Hall–Kier alpha value is -2.22. The van der Waals surface area contributed by atoms with Gasteiger partial charge >= 0.3 is 0 Å². The minimum atomic E-state index is -3.75. The van der Waals surface area contributed by atoms with Gasteiger partial charge in [-0.05, 0) is 63.1 Å². The summed E-state index contributed by atoms with van der Waals surface area (Å²) in [7, 11) is -3.75. The summed E-state index contributed by atoms with van der Waals surface area (Å²) in [5.41, 5.74) is 5.42. The maximum Gasteiger partial charge on any atom is 0.261 e. The molecule has 4 nitrogen and oxygen atoms in total. The van der Waals surface area contributed by atoms with Gasteiger partial charge in [-0.3, -0.25) is 4.72 Å². The number of aromatic nitrogens is 1. The van der Waals surface area contributed by atoms with E-state index in [-0.39, 0.29) is 4.90 Å². The summed E-state index contributed by atoms with van der Waals surface area (Å²) in [6.07, 6.45) is 0. The van der Waals surface area contributed by atoms with Gasteiger partial charge in [-0.15, -0.1) is 11.3 Å². The van der Waals surface area contributed by atoms with Gasteiger partial charge in [0, 0.05) is 26.0 Å². The molecule has 4 aromatic rings. The summed E-state index contributed by atoms with van der Waals surface area (Å²) in [5.74, 6) is 0. The van der Waals surface area contributed by atoms with Crippen LogP contribution in [0.3, 0.4) is 0 Å². The number of pyridine rings is 1. The van der Waals surface area contributed by atoms with Crippen molar-refractivity contribution < 1.29 is 8.42 Å². The molecule has 7 heteroatoms. The van der Waals surface area contributed by atoms with E-state index in [1.54, 1.807) is 35.6 Å². The first-order valence-corrected chi connectivity index (χ1v) is 12.5. The summed E-state index contributed by atoms with van der Waals surface area (Å²) in [5, 5.41) is 0.839. The summed E-state index contributed by atoms with van der Waals surface area (Å²) >= 11 is 5.01. The number of sulfonamides is 1. The van der Waals surface area contributed by atoms with Gasteiger partial charge in [0.05, 0.1) is 10.6 Å². The van der Waals surface area contributed by atoms with Gasteiger partial charge in [-0.25, -0.2) is 13.4 Å². The number of fused-ring (bicyclic) bond motifs is 1. The van der Waals surface area contributed by atoms with Crippen LogP contribution in [0.1, 0.15) is 21.7 Å². The fourth-order valence-corrected chi connectivity index (χ4v) is 6.06. The summed E-state index contributed by atoms with van der Waals surface area (Å²) in [4.78, 5) is 6.84. The first-order valence-electron chi connectivity index (χ1n) is 9.42. The van der Waals surface area contributed by atoms with Gasteiger partial charge < -0.3 is 0 Å². The number of nitrogens with one attached hydrogen (secondary N) is 1. The number of anilines is 1. The predicted molar refractivity (Wildman–Crippen MR) is 129 cm³/mol. The van der Waals surface area contributed by atoms with Crippen molar-refractivity contribution in [2.75, 3.05) is 4.72 Å². The molecule has 1 N–H and O–H groups in total. The molecule has 0 spiro atoms. The summed E-state index contributed by atoms with van der Waals surface area (Å²) in [6.45, 7) is 7.85. The largest absolute Gasteiger partial charge is 0.279 e. The molecule has 0 atom stereocenters. The zero-order valence-corrected chi connectivity index (χ0v) is 20.3. The Kier molecular flexibility index (Phi) is 5.46. The highest BCUT2D eigenvalue weighted by atomic mass is 79.9. The Morgan fingerprint density at radius 2 is 1.77 bits per heavy atom. The molecule has 0 aliphatic heterocycles. The second-order valence-electron chi connectivity index (χ2n) is 7.41. The molecule has 0 fully saturated rings. The average molecular weight is 501 g/mol. The maximum atomic E-state index is 13.2. The lowest BCUT2D eigenvalue weighted by Gasteiger charge is -2.13. The third-order valence-electron chi connectivity index (χ3n) is 4.96. The predicted octanol–water partition coefficient (Wildman–Crippen LogP) is 6.76. The number of halogens is 1. The molecule has 30 heavy (non-hydrogen) atoms. The molecular formula is C23H21BrN2O2S2. The number of aryl methyl sites for hydroxylation is 4. The highest BCUT2D eigenvalue weighted by molar-refractivity contribution is 9.10. The van der Waals surface area contributed by atoms with Gasteiger partial charge in [0.2, 0.25) is 0 Å². The number of rotatable bonds is 4. The number of hydrogen-bond acceptors (Lipinski definition) is 4. The minimum absolute atomic E-state index is 0.231. The van der Waals surface area contributed by atoms with Crippen LogP contribution < -0.4 is 4.72 Å². The van der Waals surface area contributed by atoms with E-state index in [0.29, 0.717) is 5.69 Å². The number of hydrogen-bond donors (Lipinski definition) is 1.